The number of carbonyl (C=O) groups is 1. The van der Waals surface area contributed by atoms with Gasteiger partial charge in [0, 0.05) is 30.5 Å². The van der Waals surface area contributed by atoms with Gasteiger partial charge < -0.3 is 0 Å². The maximum Gasteiger partial charge on any atom is 0.259 e. The van der Waals surface area contributed by atoms with Gasteiger partial charge >= 0.3 is 0 Å². The first-order chi connectivity index (χ1) is 10.8. The van der Waals surface area contributed by atoms with E-state index < -0.39 is 0 Å². The van der Waals surface area contributed by atoms with E-state index in [0.717, 1.165) is 15.7 Å². The maximum absolute atomic E-state index is 12.0. The number of hydrogen-bond acceptors (Lipinski definition) is 7. The highest BCUT2D eigenvalue weighted by atomic mass is 32.2. The SMILES string of the molecule is O=C(Nc1nnc(SCc2cccnc2)s1)c1cccnc1. The number of carbonyl (C=O) groups excluding carboxylic acids is 1. The van der Waals surface area contributed by atoms with E-state index in [0.29, 0.717) is 10.7 Å². The van der Waals surface area contributed by atoms with Crippen LogP contribution in [0.1, 0.15) is 15.9 Å². The molecule has 0 aliphatic heterocycles. The molecule has 3 aromatic heterocycles. The molecule has 0 radical (unpaired) electrons. The van der Waals surface area contributed by atoms with Crippen molar-refractivity contribution in [2.75, 3.05) is 5.32 Å². The van der Waals surface area contributed by atoms with E-state index in [1.54, 1.807) is 36.3 Å². The number of amides is 1. The van der Waals surface area contributed by atoms with Crippen molar-refractivity contribution in [3.8, 4) is 0 Å². The summed E-state index contributed by atoms with van der Waals surface area (Å²) in [5, 5.41) is 11.2. The van der Waals surface area contributed by atoms with Crippen LogP contribution < -0.4 is 5.32 Å². The lowest BCUT2D eigenvalue weighted by Crippen LogP contribution is -2.11. The molecule has 0 fully saturated rings. The number of nitrogens with zero attached hydrogens (tertiary/aromatic N) is 4. The average Bonchev–Trinajstić information content (AvgIpc) is 3.02. The van der Waals surface area contributed by atoms with Gasteiger partial charge in [0.2, 0.25) is 5.13 Å². The summed E-state index contributed by atoms with van der Waals surface area (Å²) in [7, 11) is 0. The van der Waals surface area contributed by atoms with E-state index in [1.165, 1.54) is 17.5 Å². The van der Waals surface area contributed by atoms with Crippen LogP contribution in [-0.2, 0) is 5.75 Å². The molecule has 3 aromatic rings. The standard InChI is InChI=1S/C14H11N5OS2/c20-12(11-4-2-6-16-8-11)17-13-18-19-14(22-13)21-9-10-3-1-5-15-7-10/h1-8H,9H2,(H,17,18,20). The second-order valence-electron chi connectivity index (χ2n) is 4.22. The molecule has 110 valence electrons. The van der Waals surface area contributed by atoms with Gasteiger partial charge in [-0.1, -0.05) is 29.2 Å². The van der Waals surface area contributed by atoms with Crippen LogP contribution in [0.25, 0.3) is 0 Å². The fraction of sp³-hybridized carbons (Fsp3) is 0.0714. The van der Waals surface area contributed by atoms with Gasteiger partial charge in [-0.2, -0.15) is 0 Å². The van der Waals surface area contributed by atoms with Crippen LogP contribution in [0.3, 0.4) is 0 Å². The van der Waals surface area contributed by atoms with Crippen LogP contribution in [0.4, 0.5) is 5.13 Å². The van der Waals surface area contributed by atoms with Crippen LogP contribution in [0.2, 0.25) is 0 Å². The summed E-state index contributed by atoms with van der Waals surface area (Å²) >= 11 is 2.90. The lowest BCUT2D eigenvalue weighted by atomic mass is 10.3. The second-order valence-corrected chi connectivity index (χ2v) is 6.42. The Morgan fingerprint density at radius 1 is 1.14 bits per heavy atom. The Labute approximate surface area is 135 Å². The molecule has 0 saturated carbocycles. The molecule has 6 nitrogen and oxygen atoms in total. The molecule has 0 saturated heterocycles. The third kappa shape index (κ3) is 3.86. The summed E-state index contributed by atoms with van der Waals surface area (Å²) < 4.78 is 0.797. The van der Waals surface area contributed by atoms with Crippen LogP contribution in [0, 0.1) is 0 Å². The lowest BCUT2D eigenvalue weighted by Gasteiger charge is -1.99. The van der Waals surface area contributed by atoms with Crippen LogP contribution >= 0.6 is 23.1 Å². The fourth-order valence-corrected chi connectivity index (χ4v) is 3.29. The first kappa shape index (κ1) is 14.6. The minimum Gasteiger partial charge on any atom is -0.296 e. The van der Waals surface area contributed by atoms with Gasteiger partial charge in [-0.05, 0) is 23.8 Å². The molecule has 22 heavy (non-hydrogen) atoms. The summed E-state index contributed by atoms with van der Waals surface area (Å²) in [5.41, 5.74) is 1.60. The topological polar surface area (TPSA) is 80.7 Å². The predicted molar refractivity (Wildman–Crippen MR) is 85.9 cm³/mol. The van der Waals surface area contributed by atoms with Crippen molar-refractivity contribution >= 4 is 34.1 Å². The van der Waals surface area contributed by atoms with Crippen molar-refractivity contribution in [1.29, 1.82) is 0 Å². The van der Waals surface area contributed by atoms with Gasteiger partial charge in [0.25, 0.3) is 5.91 Å². The zero-order chi connectivity index (χ0) is 15.2. The molecule has 3 rings (SSSR count). The molecule has 0 aliphatic carbocycles. The summed E-state index contributed by atoms with van der Waals surface area (Å²) in [4.78, 5) is 20.0. The molecular formula is C14H11N5OS2. The Balaban J connectivity index is 1.58. The second kappa shape index (κ2) is 7.10. The van der Waals surface area contributed by atoms with Crippen LogP contribution in [0.5, 0.6) is 0 Å². The Kier molecular flexibility index (Phi) is 4.71. The lowest BCUT2D eigenvalue weighted by molar-refractivity contribution is 0.102. The smallest absolute Gasteiger partial charge is 0.259 e. The number of pyridine rings is 2. The minimum atomic E-state index is -0.243. The number of thioether (sulfide) groups is 1. The van der Waals surface area contributed by atoms with E-state index in [4.69, 9.17) is 0 Å². The predicted octanol–water partition coefficient (Wildman–Crippen LogP) is 2.87. The molecule has 0 atom stereocenters. The highest BCUT2D eigenvalue weighted by Crippen LogP contribution is 2.28. The molecule has 1 amide bonds. The van der Waals surface area contributed by atoms with Crippen molar-refractivity contribution in [2.24, 2.45) is 0 Å². The Hall–Kier alpha value is -2.32. The maximum atomic E-state index is 12.0. The van der Waals surface area contributed by atoms with E-state index in [2.05, 4.69) is 25.5 Å². The first-order valence-electron chi connectivity index (χ1n) is 6.38. The van der Waals surface area contributed by atoms with Crippen molar-refractivity contribution in [2.45, 2.75) is 10.1 Å². The number of anilines is 1. The molecule has 0 unspecified atom stereocenters. The van der Waals surface area contributed by atoms with Gasteiger partial charge in [0.1, 0.15) is 0 Å². The van der Waals surface area contributed by atoms with Crippen molar-refractivity contribution in [1.82, 2.24) is 20.2 Å². The average molecular weight is 329 g/mol. The molecule has 0 aliphatic rings. The third-order valence-corrected chi connectivity index (χ3v) is 4.68. The summed E-state index contributed by atoms with van der Waals surface area (Å²) in [6.07, 6.45) is 6.69. The number of rotatable bonds is 5. The van der Waals surface area contributed by atoms with Gasteiger partial charge in [-0.15, -0.1) is 10.2 Å². The molecular weight excluding hydrogens is 318 g/mol. The van der Waals surface area contributed by atoms with Gasteiger partial charge in [0.05, 0.1) is 5.56 Å². The first-order valence-corrected chi connectivity index (χ1v) is 8.18. The van der Waals surface area contributed by atoms with Crippen molar-refractivity contribution in [3.63, 3.8) is 0 Å². The Morgan fingerprint density at radius 3 is 2.68 bits per heavy atom. The molecule has 0 aromatic carbocycles. The fourth-order valence-electron chi connectivity index (χ4n) is 1.61. The number of hydrogen-bond donors (Lipinski definition) is 1. The zero-order valence-corrected chi connectivity index (χ0v) is 13.0. The minimum absolute atomic E-state index is 0.243. The third-order valence-electron chi connectivity index (χ3n) is 2.64. The zero-order valence-electron chi connectivity index (χ0n) is 11.3. The molecule has 3 heterocycles. The largest absolute Gasteiger partial charge is 0.296 e. The summed E-state index contributed by atoms with van der Waals surface area (Å²) in [5.74, 6) is 0.520. The molecule has 8 heteroatoms. The van der Waals surface area contributed by atoms with Gasteiger partial charge in [-0.25, -0.2) is 0 Å². The summed E-state index contributed by atoms with van der Waals surface area (Å²) in [6.45, 7) is 0. The molecule has 1 N–H and O–H groups in total. The molecule has 0 bridgehead atoms. The van der Waals surface area contributed by atoms with Crippen molar-refractivity contribution < 1.29 is 4.79 Å². The molecule has 0 spiro atoms. The highest BCUT2D eigenvalue weighted by molar-refractivity contribution is 8.00. The van der Waals surface area contributed by atoms with Crippen LogP contribution in [0.15, 0.2) is 53.4 Å². The Morgan fingerprint density at radius 2 is 1.95 bits per heavy atom. The van der Waals surface area contributed by atoms with Gasteiger partial charge in [-0.3, -0.25) is 20.1 Å². The normalized spacial score (nSPS) is 10.4. The number of aromatic nitrogens is 4. The van der Waals surface area contributed by atoms with E-state index in [1.807, 2.05) is 18.3 Å². The van der Waals surface area contributed by atoms with E-state index in [-0.39, 0.29) is 5.91 Å². The number of nitrogens with one attached hydrogen (secondary N) is 1. The Bertz CT molecular complexity index is 748. The van der Waals surface area contributed by atoms with E-state index in [9.17, 15) is 4.79 Å². The highest BCUT2D eigenvalue weighted by Gasteiger charge is 2.10. The quantitative estimate of drug-likeness (QED) is 0.572. The van der Waals surface area contributed by atoms with E-state index >= 15 is 0 Å². The van der Waals surface area contributed by atoms with Crippen molar-refractivity contribution in [3.05, 3.63) is 60.2 Å². The monoisotopic (exact) mass is 329 g/mol. The van der Waals surface area contributed by atoms with Gasteiger partial charge in [0.15, 0.2) is 4.34 Å². The van der Waals surface area contributed by atoms with Crippen LogP contribution in [-0.4, -0.2) is 26.1 Å². The summed E-state index contributed by atoms with van der Waals surface area (Å²) in [6, 6.07) is 7.31.